The van der Waals surface area contributed by atoms with Crippen molar-refractivity contribution in [2.75, 3.05) is 0 Å². The standard InChI is InChI=1S/C114H80N5S2.Ir/c1-67(2)94-60-78(61-95(68(3)4)111(94)116-53-52-115-114(116)71-26-8-7-9-27-71)77-57-75(72-44-48-82(69(5)54-72)98-63-80(118-104-40-22-16-32-88(104)89-33-17-23-41-105(89)118)65-100-96-59-74(46-50-108(96)120-112(98)100)110-92-36-12-10-28-84(92)85-29-11-13-37-93(85)110)56-76(58-77)73-45-49-83(70(6)55-73)99-64-81(119-106-42-24-18-34-90(106)91-35-19-25-43-107(91)119)66-101-97-62-79(47-51-109(97)121-113(99)101)117-102-38-20-14-30-86(102)87-31-15-21-39-103(87)117;/h7-26,28-68,110H,1-6H3;/q-1;. The summed E-state index contributed by atoms with van der Waals surface area (Å²) in [5, 5.41) is 12.5. The Hall–Kier alpha value is -13.6. The van der Waals surface area contributed by atoms with E-state index in [2.05, 4.69) is 406 Å². The van der Waals surface area contributed by atoms with Gasteiger partial charge in [0, 0.05) is 145 Å². The Morgan fingerprint density at radius 3 is 1.16 bits per heavy atom. The van der Waals surface area contributed by atoms with E-state index >= 15 is 0 Å². The van der Waals surface area contributed by atoms with Crippen LogP contribution in [0.3, 0.4) is 0 Å². The molecule has 0 spiro atoms. The smallest absolute Gasteiger partial charge is 0.0602 e. The number of thiophene rings is 2. The molecule has 17 aromatic carbocycles. The van der Waals surface area contributed by atoms with Crippen LogP contribution in [-0.2, 0) is 20.1 Å². The molecule has 1 aliphatic carbocycles. The van der Waals surface area contributed by atoms with Crippen molar-refractivity contribution in [1.29, 1.82) is 0 Å². The number of hydrogen-bond donors (Lipinski definition) is 0. The molecule has 0 saturated heterocycles. The van der Waals surface area contributed by atoms with Crippen molar-refractivity contribution in [3.8, 4) is 101 Å². The SMILES string of the molecule is Cc1cc(-c2cc(-c3ccc(-c4cc(-n5c6ccccc6c6ccccc65)cc5c4sc4ccc(-n6c7ccccc7c7ccccc76)cc45)c(C)c3)cc(-c3cc(C(C)C)c(-n4ccnc4-c4[c-]cccc4)c(C(C)C)c3)c2)ccc1-c1cc(-n2c3ccccc3c3ccccc32)cc2c1sc1ccc(C3c4ccccc4-c4ccccc43)cc12.[Ir]. The normalized spacial score (nSPS) is 12.4. The van der Waals surface area contributed by atoms with E-state index < -0.39 is 0 Å². The van der Waals surface area contributed by atoms with Crippen LogP contribution in [-0.4, -0.2) is 23.3 Å². The molecule has 0 aliphatic heterocycles. The van der Waals surface area contributed by atoms with Crippen molar-refractivity contribution in [2.45, 2.75) is 59.3 Å². The Balaban J connectivity index is 0.00000864. The van der Waals surface area contributed by atoms with Gasteiger partial charge in [-0.1, -0.05) is 228 Å². The first-order valence-corrected chi connectivity index (χ1v) is 43.8. The molecule has 122 heavy (non-hydrogen) atoms. The maximum atomic E-state index is 5.01. The summed E-state index contributed by atoms with van der Waals surface area (Å²) < 4.78 is 14.9. The van der Waals surface area contributed by atoms with Gasteiger partial charge in [-0.15, -0.1) is 58.6 Å². The molecule has 1 aliphatic rings. The Morgan fingerprint density at radius 2 is 0.713 bits per heavy atom. The third-order valence-corrected chi connectivity index (χ3v) is 28.5. The second-order valence-electron chi connectivity index (χ2n) is 33.7. The molecule has 23 aromatic rings. The minimum atomic E-state index is 0. The van der Waals surface area contributed by atoms with Crippen LogP contribution in [0.2, 0.25) is 0 Å². The molecule has 24 rings (SSSR count). The zero-order valence-corrected chi connectivity index (χ0v) is 72.2. The molecular formula is C114H80IrN5S2-. The van der Waals surface area contributed by atoms with Crippen molar-refractivity contribution in [2.24, 2.45) is 0 Å². The molecule has 6 heterocycles. The van der Waals surface area contributed by atoms with Gasteiger partial charge in [-0.05, 0) is 242 Å². The van der Waals surface area contributed by atoms with Gasteiger partial charge in [-0.3, -0.25) is 4.98 Å². The van der Waals surface area contributed by atoms with E-state index in [0.717, 1.165) is 56.3 Å². The fraction of sp³-hybridized carbons (Fsp3) is 0.0789. The number of nitrogens with zero attached hydrogens (tertiary/aromatic N) is 5. The van der Waals surface area contributed by atoms with Crippen LogP contribution >= 0.6 is 22.7 Å². The monoisotopic (exact) mass is 1780 g/mol. The van der Waals surface area contributed by atoms with Crippen LogP contribution in [0.15, 0.2) is 358 Å². The Labute approximate surface area is 729 Å². The van der Waals surface area contributed by atoms with Crippen molar-refractivity contribution in [3.05, 3.63) is 403 Å². The second kappa shape index (κ2) is 28.8. The van der Waals surface area contributed by atoms with Crippen LogP contribution in [0.25, 0.3) is 207 Å². The van der Waals surface area contributed by atoms with Crippen LogP contribution in [0.5, 0.6) is 0 Å². The van der Waals surface area contributed by atoms with Gasteiger partial charge in [0.1, 0.15) is 0 Å². The predicted molar refractivity (Wildman–Crippen MR) is 514 cm³/mol. The number of para-hydroxylation sites is 6. The molecule has 0 N–H and O–H groups in total. The summed E-state index contributed by atoms with van der Waals surface area (Å²) >= 11 is 3.82. The van der Waals surface area contributed by atoms with Gasteiger partial charge >= 0.3 is 0 Å². The maximum absolute atomic E-state index is 5.01. The second-order valence-corrected chi connectivity index (χ2v) is 35.8. The number of aromatic nitrogens is 5. The summed E-state index contributed by atoms with van der Waals surface area (Å²) in [6.07, 6.45) is 4.07. The number of benzene rings is 17. The van der Waals surface area contributed by atoms with Crippen LogP contribution < -0.4 is 0 Å². The fourth-order valence-corrected chi connectivity index (χ4v) is 22.8. The third-order valence-electron chi connectivity index (χ3n) is 26.0. The van der Waals surface area contributed by atoms with Gasteiger partial charge in [-0.2, -0.15) is 0 Å². The van der Waals surface area contributed by atoms with E-state index in [1.54, 1.807) is 0 Å². The van der Waals surface area contributed by atoms with E-state index in [0.29, 0.717) is 0 Å². The van der Waals surface area contributed by atoms with Crippen LogP contribution in [0, 0.1) is 19.9 Å². The largest absolute Gasteiger partial charge is 0.340 e. The first-order chi connectivity index (χ1) is 59.5. The number of aryl methyl sites for hydroxylation is 2. The van der Waals surface area contributed by atoms with Gasteiger partial charge in [0.15, 0.2) is 0 Å². The predicted octanol–water partition coefficient (Wildman–Crippen LogP) is 31.7. The summed E-state index contributed by atoms with van der Waals surface area (Å²) in [5.74, 6) is 1.38. The van der Waals surface area contributed by atoms with Crippen molar-refractivity contribution >= 4 is 128 Å². The molecule has 583 valence electrons. The average Bonchev–Trinajstić information content (AvgIpc) is 1.57. The quantitative estimate of drug-likeness (QED) is 0.106. The molecule has 6 aromatic heterocycles. The van der Waals surface area contributed by atoms with Gasteiger partial charge in [-0.25, -0.2) is 0 Å². The Morgan fingerprint density at radius 1 is 0.320 bits per heavy atom. The summed E-state index contributed by atoms with van der Waals surface area (Å²) in [4.78, 5) is 5.01. The van der Waals surface area contributed by atoms with Crippen molar-refractivity contribution < 1.29 is 20.1 Å². The number of imidazole rings is 1. The number of hydrogen-bond acceptors (Lipinski definition) is 3. The zero-order chi connectivity index (χ0) is 80.6. The van der Waals surface area contributed by atoms with E-state index in [1.165, 1.54) is 189 Å². The van der Waals surface area contributed by atoms with Gasteiger partial charge in [0.05, 0.1) is 38.9 Å². The van der Waals surface area contributed by atoms with Crippen molar-refractivity contribution in [1.82, 2.24) is 23.3 Å². The summed E-state index contributed by atoms with van der Waals surface area (Å²) in [6, 6.07) is 134. The van der Waals surface area contributed by atoms with Gasteiger partial charge in [0.2, 0.25) is 0 Å². The molecule has 8 heteroatoms. The molecule has 0 atom stereocenters. The molecule has 0 bridgehead atoms. The van der Waals surface area contributed by atoms with Gasteiger partial charge in [0.25, 0.3) is 0 Å². The first-order valence-electron chi connectivity index (χ1n) is 42.2. The van der Waals surface area contributed by atoms with E-state index in [9.17, 15) is 0 Å². The molecule has 5 nitrogen and oxygen atoms in total. The van der Waals surface area contributed by atoms with Crippen LogP contribution in [0.1, 0.15) is 84.4 Å². The Bertz CT molecular complexity index is 8040. The van der Waals surface area contributed by atoms with Crippen LogP contribution in [0.4, 0.5) is 0 Å². The van der Waals surface area contributed by atoms with E-state index in [4.69, 9.17) is 4.98 Å². The maximum Gasteiger partial charge on any atom is 0.0602 e. The van der Waals surface area contributed by atoms with E-state index in [1.807, 2.05) is 41.0 Å². The molecule has 0 amide bonds. The zero-order valence-electron chi connectivity index (χ0n) is 68.2. The van der Waals surface area contributed by atoms with Gasteiger partial charge < -0.3 is 18.3 Å². The number of fused-ring (bicyclic) bond motifs is 18. The molecule has 1 radical (unpaired) electrons. The van der Waals surface area contributed by atoms with E-state index in [-0.39, 0.29) is 37.9 Å². The molecule has 0 fully saturated rings. The third kappa shape index (κ3) is 11.5. The summed E-state index contributed by atoms with van der Waals surface area (Å²) in [5.41, 5.74) is 36.2. The minimum Gasteiger partial charge on any atom is -0.340 e. The topological polar surface area (TPSA) is 32.6 Å². The average molecular weight is 1780 g/mol. The summed E-state index contributed by atoms with van der Waals surface area (Å²) in [6.45, 7) is 14.0. The molecular weight excluding hydrogens is 1700 g/mol. The molecule has 0 unspecified atom stereocenters. The Kier molecular flexibility index (Phi) is 17.4. The fourth-order valence-electron chi connectivity index (χ4n) is 20.5. The molecule has 0 saturated carbocycles. The number of rotatable bonds is 13. The van der Waals surface area contributed by atoms with Crippen molar-refractivity contribution in [3.63, 3.8) is 0 Å². The first kappa shape index (κ1) is 73.6. The minimum absolute atomic E-state index is 0. The summed E-state index contributed by atoms with van der Waals surface area (Å²) in [7, 11) is 0.